The molecule has 1 aliphatic heterocycles. The summed E-state index contributed by atoms with van der Waals surface area (Å²) in [5.74, 6) is -0.0309. The van der Waals surface area contributed by atoms with Crippen molar-refractivity contribution in [3.05, 3.63) is 51.3 Å². The number of likely N-dealkylation sites (N-methyl/N-ethyl adjacent to an activating group) is 1. The number of ketones is 1. The molecule has 0 saturated heterocycles. The third-order valence-electron chi connectivity index (χ3n) is 2.78. The summed E-state index contributed by atoms with van der Waals surface area (Å²) in [6, 6.07) is 7.00. The van der Waals surface area contributed by atoms with Crippen LogP contribution in [0.2, 0.25) is 4.34 Å². The van der Waals surface area contributed by atoms with Crippen molar-refractivity contribution in [3.63, 3.8) is 0 Å². The molecule has 108 valence electrons. The summed E-state index contributed by atoms with van der Waals surface area (Å²) in [4.78, 5) is 17.9. The molecular formula is C13H10ClN3O2S2. The summed E-state index contributed by atoms with van der Waals surface area (Å²) < 4.78 is 2.16. The molecule has 3 heterocycles. The number of halogens is 1. The number of hydrogen-bond acceptors (Lipinski definition) is 7. The van der Waals surface area contributed by atoms with E-state index >= 15 is 0 Å². The minimum atomic E-state index is -0.260. The molecule has 0 unspecified atom stereocenters. The molecule has 0 fully saturated rings. The predicted octanol–water partition coefficient (Wildman–Crippen LogP) is 3.77. The number of nitrogens with zero attached hydrogens (tertiary/aromatic N) is 2. The number of nitrogens with one attached hydrogen (secondary N) is 1. The largest absolute Gasteiger partial charge is 0.493 e. The smallest absolute Gasteiger partial charge is 0.226 e. The molecule has 0 amide bonds. The lowest BCUT2D eigenvalue weighted by Crippen LogP contribution is -2.25. The summed E-state index contributed by atoms with van der Waals surface area (Å²) in [5, 5.41) is 13.0. The van der Waals surface area contributed by atoms with Gasteiger partial charge in [0.1, 0.15) is 5.82 Å². The third kappa shape index (κ3) is 2.72. The highest BCUT2D eigenvalue weighted by Crippen LogP contribution is 2.42. The minimum Gasteiger partial charge on any atom is -0.493 e. The van der Waals surface area contributed by atoms with E-state index in [9.17, 15) is 9.90 Å². The summed E-state index contributed by atoms with van der Waals surface area (Å²) in [5.41, 5.74) is 0.177. The average molecular weight is 340 g/mol. The van der Waals surface area contributed by atoms with Crippen LogP contribution in [0.5, 0.6) is 0 Å². The number of allylic oxidation sites excluding steroid dienone is 1. The number of rotatable bonds is 2. The van der Waals surface area contributed by atoms with Crippen molar-refractivity contribution < 1.29 is 9.90 Å². The topological polar surface area (TPSA) is 65.5 Å². The molecule has 0 spiro atoms. The average Bonchev–Trinajstić information content (AvgIpc) is 2.80. The Balaban J connectivity index is 1.97. The summed E-state index contributed by atoms with van der Waals surface area (Å²) >= 11 is 8.50. The van der Waals surface area contributed by atoms with Crippen molar-refractivity contribution in [2.24, 2.45) is 0 Å². The lowest BCUT2D eigenvalue weighted by molar-refractivity contribution is 0.101. The lowest BCUT2D eigenvalue weighted by atomic mass is 10.2. The maximum absolute atomic E-state index is 12.5. The van der Waals surface area contributed by atoms with Crippen molar-refractivity contribution in [3.8, 4) is 0 Å². The van der Waals surface area contributed by atoms with Crippen LogP contribution >= 0.6 is 34.9 Å². The van der Waals surface area contributed by atoms with E-state index in [4.69, 9.17) is 11.6 Å². The Morgan fingerprint density at radius 3 is 3.00 bits per heavy atom. The molecule has 2 aromatic rings. The van der Waals surface area contributed by atoms with E-state index in [-0.39, 0.29) is 17.4 Å². The zero-order valence-corrected chi connectivity index (χ0v) is 13.2. The summed E-state index contributed by atoms with van der Waals surface area (Å²) in [6.45, 7) is 0. The molecule has 2 aromatic heterocycles. The number of carbonyl (C=O) groups excluding carboxylic acids is 1. The van der Waals surface area contributed by atoms with Crippen LogP contribution in [0.3, 0.4) is 0 Å². The number of thiophene rings is 1. The van der Waals surface area contributed by atoms with Gasteiger partial charge in [0.2, 0.25) is 11.7 Å². The molecule has 2 N–H and O–H groups in total. The third-order valence-corrected chi connectivity index (χ3v) is 5.14. The second kappa shape index (κ2) is 5.59. The predicted molar refractivity (Wildman–Crippen MR) is 84.8 cm³/mol. The molecule has 0 aliphatic carbocycles. The Kier molecular flexibility index (Phi) is 3.79. The van der Waals surface area contributed by atoms with Gasteiger partial charge in [-0.05, 0) is 30.1 Å². The van der Waals surface area contributed by atoms with Crippen LogP contribution in [0, 0.1) is 0 Å². The van der Waals surface area contributed by atoms with E-state index in [1.807, 2.05) is 0 Å². The first kappa shape index (κ1) is 14.2. The molecular weight excluding hydrogens is 330 g/mol. The number of aromatic nitrogens is 1. The monoisotopic (exact) mass is 339 g/mol. The fourth-order valence-corrected chi connectivity index (χ4v) is 4.23. The fraction of sp³-hybridized carbons (Fsp3) is 0.0769. The standard InChI is InChI=1S/C13H10ClN3O2S2/c1-17-10(13(19)16-9-4-2-3-5-15-9)11(18)12-7(21-17)6-8(14)20-12/h2-6,19H,1H3,(H,15,16). The summed E-state index contributed by atoms with van der Waals surface area (Å²) in [6.07, 6.45) is 1.60. The van der Waals surface area contributed by atoms with Crippen molar-refractivity contribution >= 4 is 46.5 Å². The van der Waals surface area contributed by atoms with Gasteiger partial charge in [0, 0.05) is 13.2 Å². The van der Waals surface area contributed by atoms with Gasteiger partial charge in [-0.25, -0.2) is 4.98 Å². The highest BCUT2D eigenvalue weighted by Gasteiger charge is 2.32. The van der Waals surface area contributed by atoms with Crippen LogP contribution in [0.25, 0.3) is 0 Å². The molecule has 3 rings (SSSR count). The van der Waals surface area contributed by atoms with Gasteiger partial charge in [-0.3, -0.25) is 4.79 Å². The second-order valence-corrected chi connectivity index (χ2v) is 7.05. The van der Waals surface area contributed by atoms with Crippen LogP contribution in [0.15, 0.2) is 46.9 Å². The minimum absolute atomic E-state index is 0.177. The van der Waals surface area contributed by atoms with Gasteiger partial charge >= 0.3 is 0 Å². The molecule has 1 aliphatic rings. The Morgan fingerprint density at radius 1 is 1.48 bits per heavy atom. The Bertz CT molecular complexity index is 730. The quantitative estimate of drug-likeness (QED) is 0.493. The molecule has 21 heavy (non-hydrogen) atoms. The number of aliphatic hydroxyl groups excluding tert-OH is 1. The molecule has 0 atom stereocenters. The van der Waals surface area contributed by atoms with E-state index in [1.165, 1.54) is 23.3 Å². The van der Waals surface area contributed by atoms with E-state index in [2.05, 4.69) is 10.3 Å². The van der Waals surface area contributed by atoms with Crippen LogP contribution in [0.4, 0.5) is 5.82 Å². The van der Waals surface area contributed by atoms with E-state index < -0.39 is 0 Å². The zero-order chi connectivity index (χ0) is 15.0. The fourth-order valence-electron chi connectivity index (χ4n) is 1.89. The van der Waals surface area contributed by atoms with Gasteiger partial charge in [-0.1, -0.05) is 17.7 Å². The number of hydrogen-bond donors (Lipinski definition) is 2. The van der Waals surface area contributed by atoms with E-state index in [0.717, 1.165) is 4.90 Å². The van der Waals surface area contributed by atoms with Gasteiger partial charge in [0.15, 0.2) is 5.70 Å². The van der Waals surface area contributed by atoms with Gasteiger partial charge < -0.3 is 14.7 Å². The maximum Gasteiger partial charge on any atom is 0.226 e. The first-order valence-electron chi connectivity index (χ1n) is 5.93. The first-order valence-corrected chi connectivity index (χ1v) is 7.90. The molecule has 0 bridgehead atoms. The normalized spacial score (nSPS) is 16.7. The van der Waals surface area contributed by atoms with Crippen LogP contribution in [-0.4, -0.2) is 27.2 Å². The van der Waals surface area contributed by atoms with Gasteiger partial charge in [-0.2, -0.15) is 0 Å². The molecule has 8 heteroatoms. The number of Topliss-reactive ketones (excluding diaryl/α,β-unsaturated/α-hetero) is 1. The number of carbonyl (C=O) groups is 1. The van der Waals surface area contributed by atoms with E-state index in [1.54, 1.807) is 41.8 Å². The molecule has 5 nitrogen and oxygen atoms in total. The van der Waals surface area contributed by atoms with Gasteiger partial charge in [0.05, 0.1) is 14.1 Å². The maximum atomic E-state index is 12.5. The summed E-state index contributed by atoms with van der Waals surface area (Å²) in [7, 11) is 1.71. The highest BCUT2D eigenvalue weighted by atomic mass is 35.5. The Hall–Kier alpha value is -1.70. The number of pyridine rings is 1. The van der Waals surface area contributed by atoms with E-state index in [0.29, 0.717) is 15.0 Å². The lowest BCUT2D eigenvalue weighted by Gasteiger charge is -2.25. The van der Waals surface area contributed by atoms with Crippen molar-refractivity contribution in [2.75, 3.05) is 12.4 Å². The van der Waals surface area contributed by atoms with Crippen molar-refractivity contribution in [2.45, 2.75) is 4.90 Å². The Labute approximate surface area is 134 Å². The highest BCUT2D eigenvalue weighted by molar-refractivity contribution is 7.97. The second-order valence-electron chi connectivity index (χ2n) is 4.20. The first-order chi connectivity index (χ1) is 10.1. The van der Waals surface area contributed by atoms with Crippen molar-refractivity contribution in [1.29, 1.82) is 0 Å². The molecule has 0 radical (unpaired) electrons. The van der Waals surface area contributed by atoms with Crippen LogP contribution in [0.1, 0.15) is 9.67 Å². The van der Waals surface area contributed by atoms with Crippen LogP contribution in [-0.2, 0) is 0 Å². The van der Waals surface area contributed by atoms with Gasteiger partial charge in [0.25, 0.3) is 0 Å². The van der Waals surface area contributed by atoms with Crippen LogP contribution < -0.4 is 5.32 Å². The van der Waals surface area contributed by atoms with Gasteiger partial charge in [-0.15, -0.1) is 11.3 Å². The molecule has 0 aromatic carbocycles. The number of aliphatic hydroxyl groups is 1. The Morgan fingerprint density at radius 2 is 2.29 bits per heavy atom. The number of fused-ring (bicyclic) bond motifs is 1. The SMILES string of the molecule is CN1Sc2cc(Cl)sc2C(=O)C1=C(O)Nc1ccccn1. The number of anilines is 1. The zero-order valence-electron chi connectivity index (χ0n) is 10.8. The molecule has 0 saturated carbocycles. The van der Waals surface area contributed by atoms with Crippen molar-refractivity contribution in [1.82, 2.24) is 9.29 Å².